The number of rotatable bonds is 7. The van der Waals surface area contributed by atoms with Crippen LogP contribution in [0.5, 0.6) is 0 Å². The second-order valence-electron chi connectivity index (χ2n) is 5.62. The van der Waals surface area contributed by atoms with Crippen LogP contribution in [0, 0.1) is 0 Å². The monoisotopic (exact) mass is 405 g/mol. The number of thioether (sulfide) groups is 1. The smallest absolute Gasteiger partial charge is 0.230 e. The molecular weight excluding hydrogens is 389 g/mol. The second-order valence-corrected chi connectivity index (χ2v) is 7.41. The number of carbonyl (C=O) groups is 1. The summed E-state index contributed by atoms with van der Waals surface area (Å²) in [5.74, 6) is 0.234. The van der Waals surface area contributed by atoms with E-state index < -0.39 is 0 Å². The lowest BCUT2D eigenvalue weighted by molar-refractivity contribution is -0.118. The number of benzene rings is 2. The van der Waals surface area contributed by atoms with Gasteiger partial charge in [-0.15, -0.1) is 0 Å². The summed E-state index contributed by atoms with van der Waals surface area (Å²) in [6.45, 7) is 1.10. The topological polar surface area (TPSA) is 46.9 Å². The van der Waals surface area contributed by atoms with E-state index >= 15 is 0 Å². The van der Waals surface area contributed by atoms with Crippen molar-refractivity contribution < 1.29 is 4.79 Å². The van der Waals surface area contributed by atoms with Gasteiger partial charge in [0, 0.05) is 35.5 Å². The maximum absolute atomic E-state index is 12.1. The summed E-state index contributed by atoms with van der Waals surface area (Å²) in [6.07, 6.45) is 3.64. The highest BCUT2D eigenvalue weighted by Gasteiger charge is 2.09. The number of imidazole rings is 1. The van der Waals surface area contributed by atoms with Crippen molar-refractivity contribution in [2.45, 2.75) is 18.2 Å². The van der Waals surface area contributed by atoms with Crippen LogP contribution in [0.1, 0.15) is 11.1 Å². The van der Waals surface area contributed by atoms with E-state index in [0.717, 1.165) is 16.3 Å². The number of nitrogens with one attached hydrogen (secondary N) is 1. The molecular formula is C19H17Cl2N3OS. The van der Waals surface area contributed by atoms with Crippen molar-refractivity contribution in [2.75, 3.05) is 5.75 Å². The zero-order chi connectivity index (χ0) is 18.4. The Labute approximate surface area is 166 Å². The van der Waals surface area contributed by atoms with E-state index in [2.05, 4.69) is 10.3 Å². The molecule has 4 nitrogen and oxygen atoms in total. The van der Waals surface area contributed by atoms with Gasteiger partial charge in [0.05, 0.1) is 5.75 Å². The summed E-state index contributed by atoms with van der Waals surface area (Å²) in [5.41, 5.74) is 2.02. The minimum Gasteiger partial charge on any atom is -0.351 e. The zero-order valence-corrected chi connectivity index (χ0v) is 16.2. The lowest BCUT2D eigenvalue weighted by Gasteiger charge is -2.09. The predicted molar refractivity (Wildman–Crippen MR) is 107 cm³/mol. The molecule has 1 heterocycles. The van der Waals surface area contributed by atoms with E-state index in [1.807, 2.05) is 59.3 Å². The number of hydrogen-bond acceptors (Lipinski definition) is 3. The van der Waals surface area contributed by atoms with Crippen molar-refractivity contribution in [3.05, 3.63) is 82.1 Å². The number of amides is 1. The predicted octanol–water partition coefficient (Wildman–Crippen LogP) is 4.65. The van der Waals surface area contributed by atoms with Crippen molar-refractivity contribution in [2.24, 2.45) is 0 Å². The summed E-state index contributed by atoms with van der Waals surface area (Å²) >= 11 is 13.4. The third-order valence-corrected chi connectivity index (χ3v) is 5.34. The molecule has 0 aliphatic rings. The molecule has 1 aromatic heterocycles. The number of hydrogen-bond donors (Lipinski definition) is 1. The second kappa shape index (κ2) is 9.12. The van der Waals surface area contributed by atoms with Crippen LogP contribution >= 0.6 is 35.0 Å². The van der Waals surface area contributed by atoms with Gasteiger partial charge in [-0.1, -0.05) is 65.3 Å². The van der Waals surface area contributed by atoms with Crippen LogP contribution in [0.25, 0.3) is 0 Å². The highest BCUT2D eigenvalue weighted by Crippen LogP contribution is 2.19. The van der Waals surface area contributed by atoms with Gasteiger partial charge in [-0.3, -0.25) is 4.79 Å². The van der Waals surface area contributed by atoms with Crippen LogP contribution in [0.15, 0.2) is 66.1 Å². The minimum absolute atomic E-state index is 0.0593. The van der Waals surface area contributed by atoms with Gasteiger partial charge in [0.15, 0.2) is 5.16 Å². The SMILES string of the molecule is O=C(CSc1nccn1Cc1ccc(Cl)cc1)NCc1ccccc1Cl. The highest BCUT2D eigenvalue weighted by atomic mass is 35.5. The largest absolute Gasteiger partial charge is 0.351 e. The molecule has 1 N–H and O–H groups in total. The van der Waals surface area contributed by atoms with Crippen molar-refractivity contribution in [3.63, 3.8) is 0 Å². The molecule has 0 unspecified atom stereocenters. The Bertz CT molecular complexity index is 881. The maximum atomic E-state index is 12.1. The van der Waals surface area contributed by atoms with E-state index in [1.54, 1.807) is 6.20 Å². The lowest BCUT2D eigenvalue weighted by Crippen LogP contribution is -2.24. The minimum atomic E-state index is -0.0593. The number of nitrogens with zero attached hydrogens (tertiary/aromatic N) is 2. The Morgan fingerprint density at radius 1 is 1.12 bits per heavy atom. The standard InChI is InChI=1S/C19H17Cl2N3OS/c20-16-7-5-14(6-8-16)12-24-10-9-22-19(24)26-13-18(25)23-11-15-3-1-2-4-17(15)21/h1-10H,11-13H2,(H,23,25). The fourth-order valence-corrected chi connectivity index (χ4v) is 3.48. The van der Waals surface area contributed by atoms with Gasteiger partial charge in [-0.25, -0.2) is 4.98 Å². The Hall–Kier alpha value is -1.95. The number of aromatic nitrogens is 2. The Morgan fingerprint density at radius 3 is 2.65 bits per heavy atom. The van der Waals surface area contributed by atoms with Crippen LogP contribution < -0.4 is 5.32 Å². The van der Waals surface area contributed by atoms with Gasteiger partial charge >= 0.3 is 0 Å². The normalized spacial score (nSPS) is 10.7. The molecule has 0 fully saturated rings. The molecule has 0 saturated carbocycles. The molecule has 7 heteroatoms. The van der Waals surface area contributed by atoms with Crippen LogP contribution in [-0.4, -0.2) is 21.2 Å². The number of carbonyl (C=O) groups excluding carboxylic acids is 1. The molecule has 0 radical (unpaired) electrons. The van der Waals surface area contributed by atoms with Crippen molar-refractivity contribution in [1.29, 1.82) is 0 Å². The average molecular weight is 406 g/mol. The van der Waals surface area contributed by atoms with Crippen molar-refractivity contribution >= 4 is 40.9 Å². The molecule has 0 saturated heterocycles. The first-order valence-electron chi connectivity index (χ1n) is 8.00. The summed E-state index contributed by atoms with van der Waals surface area (Å²) in [4.78, 5) is 16.4. The van der Waals surface area contributed by atoms with E-state index in [9.17, 15) is 4.79 Å². The van der Waals surface area contributed by atoms with Crippen LogP contribution in [-0.2, 0) is 17.9 Å². The Balaban J connectivity index is 1.52. The molecule has 3 aromatic rings. The van der Waals surface area contributed by atoms with Crippen LogP contribution in [0.3, 0.4) is 0 Å². The molecule has 0 spiro atoms. The first-order chi connectivity index (χ1) is 12.6. The molecule has 1 amide bonds. The fourth-order valence-electron chi connectivity index (χ4n) is 2.36. The van der Waals surface area contributed by atoms with Crippen LogP contribution in [0.4, 0.5) is 0 Å². The molecule has 26 heavy (non-hydrogen) atoms. The van der Waals surface area contributed by atoms with Gasteiger partial charge in [0.1, 0.15) is 0 Å². The van der Waals surface area contributed by atoms with Gasteiger partial charge in [0.25, 0.3) is 0 Å². The Morgan fingerprint density at radius 2 is 1.88 bits per heavy atom. The Kier molecular flexibility index (Phi) is 6.61. The van der Waals surface area contributed by atoms with Gasteiger partial charge in [-0.05, 0) is 29.3 Å². The summed E-state index contributed by atoms with van der Waals surface area (Å²) in [7, 11) is 0. The number of halogens is 2. The van der Waals surface area contributed by atoms with Crippen LogP contribution in [0.2, 0.25) is 10.0 Å². The lowest BCUT2D eigenvalue weighted by atomic mass is 10.2. The quantitative estimate of drug-likeness (QED) is 0.582. The molecule has 0 aliphatic carbocycles. The first-order valence-corrected chi connectivity index (χ1v) is 9.74. The summed E-state index contributed by atoms with van der Waals surface area (Å²) < 4.78 is 2.01. The molecule has 2 aromatic carbocycles. The molecule has 0 bridgehead atoms. The third kappa shape index (κ3) is 5.27. The van der Waals surface area contributed by atoms with E-state index in [4.69, 9.17) is 23.2 Å². The van der Waals surface area contributed by atoms with E-state index in [0.29, 0.717) is 28.9 Å². The summed E-state index contributed by atoms with van der Waals surface area (Å²) in [5, 5.41) is 5.04. The van der Waals surface area contributed by atoms with Gasteiger partial charge < -0.3 is 9.88 Å². The third-order valence-electron chi connectivity index (χ3n) is 3.71. The molecule has 0 atom stereocenters. The zero-order valence-electron chi connectivity index (χ0n) is 13.9. The first kappa shape index (κ1) is 18.8. The van der Waals surface area contributed by atoms with Gasteiger partial charge in [0.2, 0.25) is 5.91 Å². The van der Waals surface area contributed by atoms with Crippen molar-refractivity contribution in [3.8, 4) is 0 Å². The molecule has 0 aliphatic heterocycles. The van der Waals surface area contributed by atoms with E-state index in [-0.39, 0.29) is 5.91 Å². The van der Waals surface area contributed by atoms with E-state index in [1.165, 1.54) is 11.8 Å². The maximum Gasteiger partial charge on any atom is 0.230 e. The van der Waals surface area contributed by atoms with Gasteiger partial charge in [-0.2, -0.15) is 0 Å². The average Bonchev–Trinajstić information content (AvgIpc) is 3.08. The van der Waals surface area contributed by atoms with Crippen molar-refractivity contribution in [1.82, 2.24) is 14.9 Å². The fraction of sp³-hybridized carbons (Fsp3) is 0.158. The summed E-state index contributed by atoms with van der Waals surface area (Å²) in [6, 6.07) is 15.2. The molecule has 3 rings (SSSR count). The highest BCUT2D eigenvalue weighted by molar-refractivity contribution is 7.99. The molecule has 134 valence electrons.